The summed E-state index contributed by atoms with van der Waals surface area (Å²) in [5.74, 6) is 1.87. The minimum atomic E-state index is -0.400. The van der Waals surface area contributed by atoms with Crippen molar-refractivity contribution in [1.29, 1.82) is 0 Å². The summed E-state index contributed by atoms with van der Waals surface area (Å²) >= 11 is 0. The topological polar surface area (TPSA) is 110 Å². The van der Waals surface area contributed by atoms with Gasteiger partial charge in [-0.05, 0) is 36.5 Å². The Balaban J connectivity index is 1.71. The van der Waals surface area contributed by atoms with E-state index >= 15 is 0 Å². The second-order valence-electron chi connectivity index (χ2n) is 7.16. The number of carbonyl (C=O) groups is 1. The van der Waals surface area contributed by atoms with Gasteiger partial charge in [-0.3, -0.25) is 15.2 Å². The summed E-state index contributed by atoms with van der Waals surface area (Å²) < 4.78 is 10.6. The zero-order valence-corrected chi connectivity index (χ0v) is 16.5. The van der Waals surface area contributed by atoms with E-state index in [-0.39, 0.29) is 18.3 Å². The predicted molar refractivity (Wildman–Crippen MR) is 106 cm³/mol. The number of ether oxygens (including phenoxy) is 1. The van der Waals surface area contributed by atoms with Crippen molar-refractivity contribution in [2.75, 3.05) is 12.4 Å². The Kier molecular flexibility index (Phi) is 5.77. The Morgan fingerprint density at radius 1 is 1.32 bits per heavy atom. The molecule has 8 heteroatoms. The quantitative estimate of drug-likeness (QED) is 0.606. The van der Waals surface area contributed by atoms with Crippen LogP contribution >= 0.6 is 0 Å². The van der Waals surface area contributed by atoms with Gasteiger partial charge in [-0.15, -0.1) is 5.10 Å². The number of fused-ring (bicyclic) bond motifs is 1. The van der Waals surface area contributed by atoms with Crippen molar-refractivity contribution in [3.8, 4) is 5.75 Å². The summed E-state index contributed by atoms with van der Waals surface area (Å²) in [4.78, 5) is 28.1. The number of benzene rings is 1. The molecule has 0 unspecified atom stereocenters. The second-order valence-corrected chi connectivity index (χ2v) is 7.16. The predicted octanol–water partition coefficient (Wildman–Crippen LogP) is 3.00. The van der Waals surface area contributed by atoms with Crippen molar-refractivity contribution in [3.63, 3.8) is 0 Å². The van der Waals surface area contributed by atoms with Crippen LogP contribution in [-0.4, -0.2) is 28.2 Å². The lowest BCUT2D eigenvalue weighted by molar-refractivity contribution is -0.116. The molecule has 0 saturated heterocycles. The Bertz CT molecular complexity index is 1050. The maximum absolute atomic E-state index is 12.3. The number of aromatic amines is 1. The van der Waals surface area contributed by atoms with Crippen molar-refractivity contribution in [3.05, 3.63) is 45.6 Å². The molecule has 2 aromatic heterocycles. The molecular weight excluding hydrogens is 360 g/mol. The van der Waals surface area contributed by atoms with Crippen LogP contribution in [0.15, 0.2) is 27.4 Å². The van der Waals surface area contributed by atoms with Crippen molar-refractivity contribution in [2.24, 2.45) is 5.92 Å². The van der Waals surface area contributed by atoms with E-state index < -0.39 is 5.63 Å². The molecule has 8 nitrogen and oxygen atoms in total. The number of hydrogen-bond donors (Lipinski definition) is 2. The first-order chi connectivity index (χ1) is 13.4. The van der Waals surface area contributed by atoms with E-state index in [9.17, 15) is 9.59 Å². The third kappa shape index (κ3) is 4.57. The van der Waals surface area contributed by atoms with E-state index in [0.29, 0.717) is 23.7 Å². The number of rotatable bonds is 7. The Morgan fingerprint density at radius 2 is 2.11 bits per heavy atom. The van der Waals surface area contributed by atoms with Crippen molar-refractivity contribution in [2.45, 2.75) is 40.0 Å². The zero-order valence-electron chi connectivity index (χ0n) is 16.5. The molecule has 28 heavy (non-hydrogen) atoms. The van der Waals surface area contributed by atoms with Gasteiger partial charge in [0.05, 0.1) is 7.11 Å². The molecule has 1 amide bonds. The zero-order chi connectivity index (χ0) is 20.3. The van der Waals surface area contributed by atoms with E-state index in [1.165, 1.54) is 6.07 Å². The molecule has 0 aliphatic rings. The Hall–Kier alpha value is -3.16. The van der Waals surface area contributed by atoms with Crippen LogP contribution in [0.3, 0.4) is 0 Å². The highest BCUT2D eigenvalue weighted by molar-refractivity contribution is 5.89. The van der Waals surface area contributed by atoms with Crippen LogP contribution in [-0.2, 0) is 17.6 Å². The fourth-order valence-corrected chi connectivity index (χ4v) is 3.04. The Labute approximate surface area is 162 Å². The molecule has 0 spiro atoms. The van der Waals surface area contributed by atoms with Crippen LogP contribution < -0.4 is 15.7 Å². The van der Waals surface area contributed by atoms with Crippen LogP contribution in [0.4, 0.5) is 5.95 Å². The molecule has 0 bridgehead atoms. The molecule has 2 heterocycles. The molecule has 3 rings (SSSR count). The highest BCUT2D eigenvalue weighted by Crippen LogP contribution is 2.28. The maximum atomic E-state index is 12.3. The molecule has 3 aromatic rings. The maximum Gasteiger partial charge on any atom is 0.336 e. The van der Waals surface area contributed by atoms with E-state index in [1.807, 2.05) is 13.0 Å². The van der Waals surface area contributed by atoms with E-state index in [4.69, 9.17) is 9.15 Å². The first kappa shape index (κ1) is 19.6. The highest BCUT2D eigenvalue weighted by Gasteiger charge is 2.13. The number of amides is 1. The first-order valence-corrected chi connectivity index (χ1v) is 9.18. The smallest absolute Gasteiger partial charge is 0.336 e. The van der Waals surface area contributed by atoms with Gasteiger partial charge in [-0.25, -0.2) is 4.79 Å². The van der Waals surface area contributed by atoms with E-state index in [0.717, 1.165) is 28.8 Å². The first-order valence-electron chi connectivity index (χ1n) is 9.18. The summed E-state index contributed by atoms with van der Waals surface area (Å²) in [5, 5.41) is 10.4. The number of H-pyrrole nitrogens is 1. The van der Waals surface area contributed by atoms with Gasteiger partial charge in [0.2, 0.25) is 11.9 Å². The van der Waals surface area contributed by atoms with Gasteiger partial charge in [0, 0.05) is 30.4 Å². The highest BCUT2D eigenvalue weighted by atomic mass is 16.5. The van der Waals surface area contributed by atoms with E-state index in [1.54, 1.807) is 13.2 Å². The van der Waals surface area contributed by atoms with Crippen LogP contribution in [0.1, 0.15) is 37.2 Å². The molecule has 0 fully saturated rings. The van der Waals surface area contributed by atoms with Gasteiger partial charge >= 0.3 is 5.63 Å². The number of methoxy groups -OCH3 is 1. The Morgan fingerprint density at radius 3 is 2.82 bits per heavy atom. The minimum Gasteiger partial charge on any atom is -0.496 e. The van der Waals surface area contributed by atoms with Gasteiger partial charge in [0.1, 0.15) is 17.2 Å². The fraction of sp³-hybridized carbons (Fsp3) is 0.400. The lowest BCUT2D eigenvalue weighted by Crippen LogP contribution is -2.13. The largest absolute Gasteiger partial charge is 0.496 e. The standard InChI is InChI=1S/C20H24N4O4/c1-11(2)7-17-21-20(24-23-17)22-18(25)6-5-13-9-14-12(3)8-19(26)28-16(14)10-15(13)27-4/h8-11H,5-7H2,1-4H3,(H2,21,22,23,24,25). The molecule has 1 aromatic carbocycles. The summed E-state index contributed by atoms with van der Waals surface area (Å²) in [6, 6.07) is 5.03. The third-order valence-corrected chi connectivity index (χ3v) is 4.36. The van der Waals surface area contributed by atoms with E-state index in [2.05, 4.69) is 34.3 Å². The lowest BCUT2D eigenvalue weighted by atomic mass is 10.0. The van der Waals surface area contributed by atoms with Gasteiger partial charge in [-0.1, -0.05) is 13.8 Å². The number of hydrogen-bond acceptors (Lipinski definition) is 6. The lowest BCUT2D eigenvalue weighted by Gasteiger charge is -2.10. The number of aryl methyl sites for hydroxylation is 2. The van der Waals surface area contributed by atoms with Crippen LogP contribution in [0, 0.1) is 12.8 Å². The summed E-state index contributed by atoms with van der Waals surface area (Å²) in [7, 11) is 1.54. The minimum absolute atomic E-state index is 0.187. The normalized spacial score (nSPS) is 11.2. The summed E-state index contributed by atoms with van der Waals surface area (Å²) in [5.41, 5.74) is 1.74. The number of aromatic nitrogens is 3. The van der Waals surface area contributed by atoms with Crippen molar-refractivity contribution in [1.82, 2.24) is 15.2 Å². The summed E-state index contributed by atoms with van der Waals surface area (Å²) in [6.45, 7) is 6.02. The van der Waals surface area contributed by atoms with Crippen LogP contribution in [0.5, 0.6) is 5.75 Å². The number of nitrogens with one attached hydrogen (secondary N) is 2. The molecule has 148 valence electrons. The third-order valence-electron chi connectivity index (χ3n) is 4.36. The molecule has 0 atom stereocenters. The van der Waals surface area contributed by atoms with Gasteiger partial charge in [-0.2, -0.15) is 4.98 Å². The van der Waals surface area contributed by atoms with Gasteiger partial charge in [0.25, 0.3) is 0 Å². The monoisotopic (exact) mass is 384 g/mol. The molecular formula is C20H24N4O4. The number of carbonyl (C=O) groups excluding carboxylic acids is 1. The average molecular weight is 384 g/mol. The SMILES string of the molecule is COc1cc2oc(=O)cc(C)c2cc1CCC(=O)Nc1n[nH]c(CC(C)C)n1. The molecule has 0 saturated carbocycles. The average Bonchev–Trinajstić information content (AvgIpc) is 3.05. The molecule has 0 radical (unpaired) electrons. The summed E-state index contributed by atoms with van der Waals surface area (Å²) in [6.07, 6.45) is 1.48. The van der Waals surface area contributed by atoms with Gasteiger partial charge in [0.15, 0.2) is 0 Å². The molecule has 0 aliphatic heterocycles. The molecule has 2 N–H and O–H groups in total. The second kappa shape index (κ2) is 8.24. The van der Waals surface area contributed by atoms with Crippen molar-refractivity contribution >= 4 is 22.8 Å². The molecule has 0 aliphatic carbocycles. The van der Waals surface area contributed by atoms with Crippen LogP contribution in [0.25, 0.3) is 11.0 Å². The van der Waals surface area contributed by atoms with Crippen molar-refractivity contribution < 1.29 is 13.9 Å². The fourth-order valence-electron chi connectivity index (χ4n) is 3.04. The van der Waals surface area contributed by atoms with Crippen LogP contribution in [0.2, 0.25) is 0 Å². The van der Waals surface area contributed by atoms with Gasteiger partial charge < -0.3 is 9.15 Å². The number of anilines is 1. The number of nitrogens with zero attached hydrogens (tertiary/aromatic N) is 2.